The molecule has 0 aliphatic carbocycles. The van der Waals surface area contributed by atoms with Crippen LogP contribution in [0.4, 0.5) is 0 Å². The molecule has 3 aromatic heterocycles. The number of hydrogen-bond donors (Lipinski definition) is 0. The van der Waals surface area contributed by atoms with Crippen molar-refractivity contribution in [2.24, 2.45) is 0 Å². The summed E-state index contributed by atoms with van der Waals surface area (Å²) >= 11 is 0. The Morgan fingerprint density at radius 1 is 0.229 bits per heavy atom. The van der Waals surface area contributed by atoms with Gasteiger partial charge in [0.05, 0.1) is 33.1 Å². The van der Waals surface area contributed by atoms with Gasteiger partial charge in [0.2, 0.25) is 0 Å². The van der Waals surface area contributed by atoms with Crippen LogP contribution in [0.2, 0.25) is 0 Å². The van der Waals surface area contributed by atoms with E-state index in [1.165, 1.54) is 97.3 Å². The van der Waals surface area contributed by atoms with E-state index in [1.54, 1.807) is 0 Å². The van der Waals surface area contributed by atoms with Crippen molar-refractivity contribution in [1.29, 1.82) is 0 Å². The number of benzene rings is 11. The molecule has 0 saturated heterocycles. The first-order valence-corrected chi connectivity index (χ1v) is 26.2. The third-order valence-corrected chi connectivity index (χ3v) is 19.5. The van der Waals surface area contributed by atoms with Crippen molar-refractivity contribution in [1.82, 2.24) is 13.7 Å². The fourth-order valence-electron chi connectivity index (χ4n) is 11.8. The summed E-state index contributed by atoms with van der Waals surface area (Å²) < 4.78 is 7.37. The zero-order valence-corrected chi connectivity index (χ0v) is 39.3. The highest BCUT2D eigenvalue weighted by atomic mass is 28.3. The summed E-state index contributed by atoms with van der Waals surface area (Å²) in [5.41, 5.74) is 13.0. The van der Waals surface area contributed by atoms with Crippen molar-refractivity contribution in [2.75, 3.05) is 0 Å². The fraction of sp³-hybridized carbons (Fsp3) is 0. The van der Waals surface area contributed by atoms with Crippen LogP contribution in [0.15, 0.2) is 273 Å². The molecule has 0 N–H and O–H groups in total. The standard InChI is InChI=1S/C66H45N3Si/c1-5-21-47(22-6-1)69-63-38-18-13-31-55(63)58-35-20-34-54(66(58)69)46-39-41-64-59(43-46)56-32-14-16-36-61(56)68(64)49-40-42-65-60(45-49)57-33-15-17-37-62(57)67(65)48-23-19-30-53(44-48)70(50-24-7-2-8-25-50,51-26-9-3-10-27-51)52-28-11-4-12-29-52/h1-45H. The van der Waals surface area contributed by atoms with Crippen LogP contribution in [0.3, 0.4) is 0 Å². The Hall–Kier alpha value is -8.96. The van der Waals surface area contributed by atoms with Crippen molar-refractivity contribution in [2.45, 2.75) is 0 Å². The van der Waals surface area contributed by atoms with Crippen molar-refractivity contribution in [3.63, 3.8) is 0 Å². The summed E-state index contributed by atoms with van der Waals surface area (Å²) in [7, 11) is -2.76. The highest BCUT2D eigenvalue weighted by Crippen LogP contribution is 2.42. The molecule has 0 radical (unpaired) electrons. The van der Waals surface area contributed by atoms with Crippen LogP contribution >= 0.6 is 0 Å². The molecule has 70 heavy (non-hydrogen) atoms. The van der Waals surface area contributed by atoms with Crippen LogP contribution in [0.1, 0.15) is 0 Å². The van der Waals surface area contributed by atoms with Crippen molar-refractivity contribution >= 4 is 94.2 Å². The summed E-state index contributed by atoms with van der Waals surface area (Å²) in [5.74, 6) is 0. The molecule has 4 heteroatoms. The van der Waals surface area contributed by atoms with Gasteiger partial charge in [-0.15, -0.1) is 0 Å². The molecule has 11 aromatic carbocycles. The van der Waals surface area contributed by atoms with Crippen molar-refractivity contribution < 1.29 is 0 Å². The molecule has 0 saturated carbocycles. The molecular weight excluding hydrogens is 863 g/mol. The minimum atomic E-state index is -2.76. The van der Waals surface area contributed by atoms with E-state index in [0.29, 0.717) is 0 Å². The number of nitrogens with zero attached hydrogens (tertiary/aromatic N) is 3. The predicted molar refractivity (Wildman–Crippen MR) is 299 cm³/mol. The Balaban J connectivity index is 0.952. The first-order valence-electron chi connectivity index (χ1n) is 24.2. The van der Waals surface area contributed by atoms with Crippen LogP contribution in [0.25, 0.3) is 93.6 Å². The van der Waals surface area contributed by atoms with Crippen LogP contribution in [0, 0.1) is 0 Å². The predicted octanol–water partition coefficient (Wildman–Crippen LogP) is 14.0. The summed E-state index contributed by atoms with van der Waals surface area (Å²) in [6, 6.07) is 101. The SMILES string of the molecule is c1ccc(-n2c3ccccc3c3cccc(-c4ccc5c(c4)c4ccccc4n5-c4ccc5c(c4)c4ccccc4n5-c4cccc([Si](c5ccccc5)(c5ccccc5)c5ccccc5)c4)c32)cc1. The summed E-state index contributed by atoms with van der Waals surface area (Å²) in [4.78, 5) is 0. The minimum Gasteiger partial charge on any atom is -0.309 e. The van der Waals surface area contributed by atoms with Crippen LogP contribution in [-0.2, 0) is 0 Å². The third-order valence-electron chi connectivity index (χ3n) is 14.8. The average Bonchev–Trinajstić information content (AvgIpc) is 4.08. The molecule has 328 valence electrons. The Bertz CT molecular complexity index is 4180. The van der Waals surface area contributed by atoms with Gasteiger partial charge >= 0.3 is 0 Å². The lowest BCUT2D eigenvalue weighted by Gasteiger charge is -2.34. The van der Waals surface area contributed by atoms with Crippen LogP contribution in [0.5, 0.6) is 0 Å². The van der Waals surface area contributed by atoms with Gasteiger partial charge in [-0.3, -0.25) is 0 Å². The minimum absolute atomic E-state index is 1.14. The largest absolute Gasteiger partial charge is 0.309 e. The second-order valence-electron chi connectivity index (χ2n) is 18.4. The smallest absolute Gasteiger partial charge is 0.179 e. The lowest BCUT2D eigenvalue weighted by Crippen LogP contribution is -2.74. The van der Waals surface area contributed by atoms with Crippen molar-refractivity contribution in [3.8, 4) is 28.2 Å². The van der Waals surface area contributed by atoms with Gasteiger partial charge in [0.1, 0.15) is 0 Å². The molecule has 14 aromatic rings. The number of fused-ring (bicyclic) bond motifs is 9. The van der Waals surface area contributed by atoms with E-state index < -0.39 is 8.07 Å². The molecule has 0 bridgehead atoms. The van der Waals surface area contributed by atoms with Gasteiger partial charge in [0, 0.05) is 54.9 Å². The number of aromatic nitrogens is 3. The van der Waals surface area contributed by atoms with E-state index in [4.69, 9.17) is 0 Å². The zero-order chi connectivity index (χ0) is 46.2. The molecule has 0 spiro atoms. The fourth-order valence-corrected chi connectivity index (χ4v) is 16.6. The van der Waals surface area contributed by atoms with Gasteiger partial charge in [-0.05, 0) is 99.1 Å². The Morgan fingerprint density at radius 3 is 1.21 bits per heavy atom. The summed E-state index contributed by atoms with van der Waals surface area (Å²) in [6.07, 6.45) is 0. The second kappa shape index (κ2) is 16.1. The molecule has 0 aliphatic rings. The third kappa shape index (κ3) is 6.00. The molecule has 3 nitrogen and oxygen atoms in total. The van der Waals surface area contributed by atoms with Gasteiger partial charge in [-0.1, -0.05) is 200 Å². The normalized spacial score (nSPS) is 12.0. The van der Waals surface area contributed by atoms with Gasteiger partial charge in [-0.2, -0.15) is 0 Å². The second-order valence-corrected chi connectivity index (χ2v) is 22.2. The Labute approximate surface area is 407 Å². The number of rotatable bonds is 8. The van der Waals surface area contributed by atoms with Crippen LogP contribution < -0.4 is 20.7 Å². The van der Waals surface area contributed by atoms with E-state index >= 15 is 0 Å². The molecule has 0 atom stereocenters. The van der Waals surface area contributed by atoms with E-state index in [-0.39, 0.29) is 0 Å². The molecule has 3 heterocycles. The average molecular weight is 908 g/mol. The van der Waals surface area contributed by atoms with E-state index in [9.17, 15) is 0 Å². The molecule has 0 fully saturated rings. The maximum atomic E-state index is 2.48. The Morgan fingerprint density at radius 2 is 0.629 bits per heavy atom. The van der Waals surface area contributed by atoms with E-state index in [1.807, 2.05) is 0 Å². The van der Waals surface area contributed by atoms with Crippen LogP contribution in [-0.4, -0.2) is 21.8 Å². The van der Waals surface area contributed by atoms with Crippen molar-refractivity contribution in [3.05, 3.63) is 273 Å². The molecule has 0 amide bonds. The highest BCUT2D eigenvalue weighted by Gasteiger charge is 2.41. The van der Waals surface area contributed by atoms with E-state index in [0.717, 1.165) is 17.1 Å². The molecule has 14 rings (SSSR count). The maximum absolute atomic E-state index is 2.76. The van der Waals surface area contributed by atoms with Gasteiger partial charge in [0.15, 0.2) is 8.07 Å². The number of para-hydroxylation sites is 5. The van der Waals surface area contributed by atoms with Gasteiger partial charge in [-0.25, -0.2) is 0 Å². The summed E-state index contributed by atoms with van der Waals surface area (Å²) in [6.45, 7) is 0. The lowest BCUT2D eigenvalue weighted by molar-refractivity contribution is 1.17. The highest BCUT2D eigenvalue weighted by molar-refractivity contribution is 7.19. The van der Waals surface area contributed by atoms with E-state index in [2.05, 4.69) is 287 Å². The first-order chi connectivity index (χ1) is 34.8. The number of hydrogen-bond acceptors (Lipinski definition) is 0. The maximum Gasteiger partial charge on any atom is 0.179 e. The first kappa shape index (κ1) is 40.1. The zero-order valence-electron chi connectivity index (χ0n) is 38.3. The molecular formula is C66H45N3Si. The van der Waals surface area contributed by atoms with Gasteiger partial charge in [0.25, 0.3) is 0 Å². The molecule has 0 aliphatic heterocycles. The van der Waals surface area contributed by atoms with Gasteiger partial charge < -0.3 is 13.7 Å². The summed E-state index contributed by atoms with van der Waals surface area (Å²) in [5, 5.41) is 12.9. The molecule has 0 unspecified atom stereocenters. The topological polar surface area (TPSA) is 14.8 Å². The monoisotopic (exact) mass is 907 g/mol. The quantitative estimate of drug-likeness (QED) is 0.107. The lowest BCUT2D eigenvalue weighted by atomic mass is 10.00. The Kier molecular flexibility index (Phi) is 9.23.